The molecular formula is C35H25FN4O3S. The van der Waals surface area contributed by atoms with Gasteiger partial charge in [-0.1, -0.05) is 72.0 Å². The summed E-state index contributed by atoms with van der Waals surface area (Å²) >= 11 is 1.22. The first kappa shape index (κ1) is 28.5. The van der Waals surface area contributed by atoms with Crippen molar-refractivity contribution in [3.63, 3.8) is 0 Å². The van der Waals surface area contributed by atoms with E-state index in [4.69, 9.17) is 4.74 Å². The number of rotatable bonds is 7. The topological polar surface area (TPSA) is 96.5 Å². The van der Waals surface area contributed by atoms with Crippen LogP contribution in [-0.2, 0) is 11.4 Å². The molecule has 0 unspecified atom stereocenters. The molecule has 2 heterocycles. The fourth-order valence-electron chi connectivity index (χ4n) is 5.02. The van der Waals surface area contributed by atoms with Crippen LogP contribution in [0.1, 0.15) is 35.2 Å². The summed E-state index contributed by atoms with van der Waals surface area (Å²) < 4.78 is 21.7. The number of hydrogen-bond donors (Lipinski definition) is 1. The molecule has 5 aromatic rings. The quantitative estimate of drug-likeness (QED) is 0.268. The molecule has 4 aromatic carbocycles. The summed E-state index contributed by atoms with van der Waals surface area (Å²) in [5.41, 5.74) is 3.79. The molecule has 44 heavy (non-hydrogen) atoms. The highest BCUT2D eigenvalue weighted by Crippen LogP contribution is 2.31. The molecule has 0 saturated heterocycles. The number of hydrogen-bond acceptors (Lipinski definition) is 6. The maximum atomic E-state index is 13.9. The number of halogens is 1. The number of carbonyl (C=O) groups excluding carboxylic acids is 1. The van der Waals surface area contributed by atoms with Crippen molar-refractivity contribution in [1.29, 1.82) is 5.26 Å². The van der Waals surface area contributed by atoms with Gasteiger partial charge in [0, 0.05) is 11.3 Å². The molecule has 216 valence electrons. The van der Waals surface area contributed by atoms with Crippen LogP contribution in [-0.4, -0.2) is 10.5 Å². The zero-order valence-corrected chi connectivity index (χ0v) is 24.3. The van der Waals surface area contributed by atoms with Gasteiger partial charge < -0.3 is 10.1 Å². The van der Waals surface area contributed by atoms with Gasteiger partial charge in [-0.3, -0.25) is 14.2 Å². The molecule has 1 aliphatic heterocycles. The van der Waals surface area contributed by atoms with E-state index in [9.17, 15) is 19.2 Å². The first-order valence-electron chi connectivity index (χ1n) is 13.8. The zero-order chi connectivity index (χ0) is 30.6. The third kappa shape index (κ3) is 5.84. The number of amides is 1. The van der Waals surface area contributed by atoms with Crippen molar-refractivity contribution >= 4 is 29.0 Å². The third-order valence-corrected chi connectivity index (χ3v) is 8.18. The average Bonchev–Trinajstić information content (AvgIpc) is 3.34. The van der Waals surface area contributed by atoms with Crippen LogP contribution in [0.5, 0.6) is 5.75 Å². The summed E-state index contributed by atoms with van der Waals surface area (Å²) in [6, 6.07) is 30.7. The molecule has 0 bridgehead atoms. The van der Waals surface area contributed by atoms with Crippen molar-refractivity contribution in [3.05, 3.63) is 162 Å². The van der Waals surface area contributed by atoms with Crippen LogP contribution in [0.2, 0.25) is 0 Å². The van der Waals surface area contributed by atoms with E-state index in [1.807, 2.05) is 48.5 Å². The molecule has 0 aliphatic carbocycles. The predicted octanol–water partition coefficient (Wildman–Crippen LogP) is 5.46. The van der Waals surface area contributed by atoms with Gasteiger partial charge in [-0.25, -0.2) is 9.38 Å². The molecule has 1 aromatic heterocycles. The van der Waals surface area contributed by atoms with Gasteiger partial charge in [0.05, 0.1) is 33.5 Å². The Kier molecular flexibility index (Phi) is 8.00. The SMILES string of the molecule is CC1=C(C(=O)Nc2ccccc2)[C@H](c2ccc(F)cc2)n2c(s/c(=C/c3ccc(OCc4ccccc4C#N)cc3)c2=O)=N1. The lowest BCUT2D eigenvalue weighted by atomic mass is 9.95. The Labute approximate surface area is 256 Å². The fourth-order valence-corrected chi connectivity index (χ4v) is 6.07. The van der Waals surface area contributed by atoms with E-state index in [-0.39, 0.29) is 12.2 Å². The van der Waals surface area contributed by atoms with Crippen molar-refractivity contribution in [3.8, 4) is 11.8 Å². The summed E-state index contributed by atoms with van der Waals surface area (Å²) in [6.45, 7) is 1.99. The molecule has 1 aliphatic rings. The summed E-state index contributed by atoms with van der Waals surface area (Å²) in [5.74, 6) is -0.190. The van der Waals surface area contributed by atoms with Gasteiger partial charge in [0.25, 0.3) is 11.5 Å². The van der Waals surface area contributed by atoms with Crippen LogP contribution in [0.25, 0.3) is 6.08 Å². The van der Waals surface area contributed by atoms with E-state index < -0.39 is 17.8 Å². The molecular weight excluding hydrogens is 575 g/mol. The molecule has 0 radical (unpaired) electrons. The first-order chi connectivity index (χ1) is 21.4. The normalized spacial score (nSPS) is 14.4. The lowest BCUT2D eigenvalue weighted by Gasteiger charge is -2.25. The fraction of sp³-hybridized carbons (Fsp3) is 0.0857. The number of anilines is 1. The number of benzene rings is 4. The smallest absolute Gasteiger partial charge is 0.271 e. The maximum absolute atomic E-state index is 13.9. The number of ether oxygens (including phenoxy) is 1. The van der Waals surface area contributed by atoms with Crippen LogP contribution < -0.4 is 24.9 Å². The van der Waals surface area contributed by atoms with E-state index in [0.29, 0.717) is 43.2 Å². The Hall–Kier alpha value is -5.59. The van der Waals surface area contributed by atoms with Crippen molar-refractivity contribution in [2.24, 2.45) is 4.99 Å². The van der Waals surface area contributed by atoms with Gasteiger partial charge >= 0.3 is 0 Å². The van der Waals surface area contributed by atoms with Crippen molar-refractivity contribution in [1.82, 2.24) is 4.57 Å². The van der Waals surface area contributed by atoms with E-state index in [1.54, 1.807) is 55.5 Å². The lowest BCUT2D eigenvalue weighted by molar-refractivity contribution is -0.113. The van der Waals surface area contributed by atoms with E-state index in [0.717, 1.165) is 11.1 Å². The maximum Gasteiger partial charge on any atom is 0.271 e. The Bertz CT molecular complexity index is 2110. The monoisotopic (exact) mass is 600 g/mol. The highest BCUT2D eigenvalue weighted by Gasteiger charge is 2.32. The Morgan fingerprint density at radius 2 is 1.73 bits per heavy atom. The average molecular weight is 601 g/mol. The van der Waals surface area contributed by atoms with E-state index in [1.165, 1.54) is 28.0 Å². The molecule has 0 saturated carbocycles. The summed E-state index contributed by atoms with van der Waals surface area (Å²) in [4.78, 5) is 32.6. The van der Waals surface area contributed by atoms with Crippen LogP contribution >= 0.6 is 11.3 Å². The third-order valence-electron chi connectivity index (χ3n) is 7.19. The summed E-state index contributed by atoms with van der Waals surface area (Å²) in [6.07, 6.45) is 1.77. The van der Waals surface area contributed by atoms with Crippen LogP contribution in [0.4, 0.5) is 10.1 Å². The zero-order valence-electron chi connectivity index (χ0n) is 23.5. The molecule has 9 heteroatoms. The second kappa shape index (κ2) is 12.3. The molecule has 7 nitrogen and oxygen atoms in total. The Balaban J connectivity index is 1.33. The highest BCUT2D eigenvalue weighted by atomic mass is 32.1. The minimum Gasteiger partial charge on any atom is -0.489 e. The Morgan fingerprint density at radius 3 is 2.45 bits per heavy atom. The van der Waals surface area contributed by atoms with Gasteiger partial charge in [0.1, 0.15) is 18.2 Å². The molecule has 1 amide bonds. The van der Waals surface area contributed by atoms with Gasteiger partial charge in [-0.05, 0) is 66.6 Å². The van der Waals surface area contributed by atoms with Crippen molar-refractivity contribution in [2.45, 2.75) is 19.6 Å². The van der Waals surface area contributed by atoms with Gasteiger partial charge in [0.2, 0.25) is 0 Å². The molecule has 1 N–H and O–H groups in total. The Morgan fingerprint density at radius 1 is 1.02 bits per heavy atom. The number of nitriles is 1. The predicted molar refractivity (Wildman–Crippen MR) is 167 cm³/mol. The molecule has 0 spiro atoms. The largest absolute Gasteiger partial charge is 0.489 e. The number of nitrogens with one attached hydrogen (secondary N) is 1. The molecule has 6 rings (SSSR count). The van der Waals surface area contributed by atoms with Gasteiger partial charge in [-0.15, -0.1) is 0 Å². The number of aromatic nitrogens is 1. The van der Waals surface area contributed by atoms with Crippen LogP contribution in [0, 0.1) is 17.1 Å². The number of nitrogens with zero attached hydrogens (tertiary/aromatic N) is 3. The highest BCUT2D eigenvalue weighted by molar-refractivity contribution is 7.07. The summed E-state index contributed by atoms with van der Waals surface area (Å²) in [5, 5.41) is 12.2. The number of carbonyl (C=O) groups is 1. The van der Waals surface area contributed by atoms with Crippen molar-refractivity contribution in [2.75, 3.05) is 5.32 Å². The van der Waals surface area contributed by atoms with E-state index >= 15 is 0 Å². The number of para-hydroxylation sites is 1. The minimum absolute atomic E-state index is 0.255. The van der Waals surface area contributed by atoms with E-state index in [2.05, 4.69) is 16.4 Å². The number of fused-ring (bicyclic) bond motifs is 1. The molecule has 1 atom stereocenters. The number of thiazole rings is 1. The first-order valence-corrected chi connectivity index (χ1v) is 14.6. The van der Waals surface area contributed by atoms with Gasteiger partial charge in [0.15, 0.2) is 4.80 Å². The minimum atomic E-state index is -0.801. The standard InChI is InChI=1S/C35H25FN4O3S/c1-22-31(33(41)39-28-9-3-2-4-10-28)32(24-13-15-27(36)16-14-24)40-34(42)30(44-35(40)38-22)19-23-11-17-29(18-12-23)43-21-26-8-6-5-7-25(26)20-37/h2-19,32H,21H2,1H3,(H,39,41)/b30-19+/t32-/m0/s1. The second-order valence-electron chi connectivity index (χ2n) is 10.1. The summed E-state index contributed by atoms with van der Waals surface area (Å²) in [7, 11) is 0. The second-order valence-corrected chi connectivity index (χ2v) is 11.1. The van der Waals surface area contributed by atoms with Crippen molar-refractivity contribution < 1.29 is 13.9 Å². The number of allylic oxidation sites excluding steroid dienone is 1. The lowest BCUT2D eigenvalue weighted by Crippen LogP contribution is -2.40. The van der Waals surface area contributed by atoms with Crippen LogP contribution in [0.15, 0.2) is 124 Å². The van der Waals surface area contributed by atoms with Gasteiger partial charge in [-0.2, -0.15) is 5.26 Å². The van der Waals surface area contributed by atoms with Crippen LogP contribution in [0.3, 0.4) is 0 Å². The molecule has 0 fully saturated rings.